The second-order valence-corrected chi connectivity index (χ2v) is 5.79. The minimum Gasteiger partial charge on any atom is -0.322 e. The Morgan fingerprint density at radius 2 is 2.29 bits per heavy atom. The fourth-order valence-corrected chi connectivity index (χ4v) is 2.67. The molecule has 1 rings (SSSR count). The Morgan fingerprint density at radius 3 is 2.86 bits per heavy atom. The lowest BCUT2D eigenvalue weighted by molar-refractivity contribution is 0.504. The van der Waals surface area contributed by atoms with Crippen LogP contribution in [0.5, 0.6) is 0 Å². The summed E-state index contributed by atoms with van der Waals surface area (Å²) in [5.74, 6) is 2.63. The molecule has 0 bridgehead atoms. The van der Waals surface area contributed by atoms with E-state index in [1.807, 2.05) is 11.8 Å². The molecule has 0 fully saturated rings. The van der Waals surface area contributed by atoms with Gasteiger partial charge in [0.15, 0.2) is 0 Å². The Kier molecular flexibility index (Phi) is 4.92. The van der Waals surface area contributed by atoms with E-state index in [9.17, 15) is 0 Å². The maximum atomic E-state index is 6.02. The van der Waals surface area contributed by atoms with E-state index in [4.69, 9.17) is 5.73 Å². The highest BCUT2D eigenvalue weighted by atomic mass is 32.2. The topological polar surface area (TPSA) is 38.9 Å². The maximum absolute atomic E-state index is 6.02. The van der Waals surface area contributed by atoms with Gasteiger partial charge in [-0.2, -0.15) is 11.8 Å². The van der Waals surface area contributed by atoms with Gasteiger partial charge in [-0.15, -0.1) is 11.3 Å². The minimum atomic E-state index is 0.0895. The van der Waals surface area contributed by atoms with Crippen molar-refractivity contribution in [3.8, 4) is 0 Å². The average Bonchev–Trinajstić information content (AvgIpc) is 2.61. The van der Waals surface area contributed by atoms with Gasteiger partial charge in [0.25, 0.3) is 0 Å². The largest absolute Gasteiger partial charge is 0.322 e. The van der Waals surface area contributed by atoms with Gasteiger partial charge in [-0.3, -0.25) is 0 Å². The van der Waals surface area contributed by atoms with Gasteiger partial charge in [-0.25, -0.2) is 4.98 Å². The van der Waals surface area contributed by atoms with Gasteiger partial charge >= 0.3 is 0 Å². The molecule has 1 aromatic rings. The number of thiazole rings is 1. The van der Waals surface area contributed by atoms with Crippen LogP contribution in [0, 0.1) is 5.92 Å². The smallest absolute Gasteiger partial charge is 0.103 e. The summed E-state index contributed by atoms with van der Waals surface area (Å²) in [4.78, 5) is 4.54. The summed E-state index contributed by atoms with van der Waals surface area (Å²) in [6.45, 7) is 6.42. The maximum Gasteiger partial charge on any atom is 0.103 e. The molecule has 0 aliphatic rings. The zero-order valence-electron chi connectivity index (χ0n) is 8.99. The quantitative estimate of drug-likeness (QED) is 0.845. The standard InChI is InChI=1S/C10H18N2S2/c1-4-13-6-9-12-8(5-14-9)10(11)7(2)3/h5,7,10H,4,6,11H2,1-3H3. The number of hydrogen-bond acceptors (Lipinski definition) is 4. The van der Waals surface area contributed by atoms with Gasteiger partial charge in [-0.1, -0.05) is 20.8 Å². The van der Waals surface area contributed by atoms with Crippen LogP contribution in [0.25, 0.3) is 0 Å². The molecule has 0 aromatic carbocycles. The third-order valence-electron chi connectivity index (χ3n) is 2.06. The number of rotatable bonds is 5. The van der Waals surface area contributed by atoms with Gasteiger partial charge in [0.2, 0.25) is 0 Å². The Bertz CT molecular complexity index is 271. The molecule has 80 valence electrons. The lowest BCUT2D eigenvalue weighted by Crippen LogP contribution is -2.16. The first-order valence-corrected chi connectivity index (χ1v) is 6.96. The first-order chi connectivity index (χ1) is 6.65. The number of hydrogen-bond donors (Lipinski definition) is 1. The van der Waals surface area contributed by atoms with Crippen LogP contribution in [0.4, 0.5) is 0 Å². The fraction of sp³-hybridized carbons (Fsp3) is 0.700. The van der Waals surface area contributed by atoms with Crippen LogP contribution >= 0.6 is 23.1 Å². The molecule has 0 amide bonds. The molecular formula is C10H18N2S2. The van der Waals surface area contributed by atoms with Crippen molar-refractivity contribution in [2.45, 2.75) is 32.6 Å². The molecular weight excluding hydrogens is 212 g/mol. The van der Waals surface area contributed by atoms with Gasteiger partial charge < -0.3 is 5.73 Å². The van der Waals surface area contributed by atoms with Crippen molar-refractivity contribution in [2.24, 2.45) is 11.7 Å². The van der Waals surface area contributed by atoms with Crippen molar-refractivity contribution in [1.82, 2.24) is 4.98 Å². The van der Waals surface area contributed by atoms with Crippen LogP contribution < -0.4 is 5.73 Å². The van der Waals surface area contributed by atoms with E-state index < -0.39 is 0 Å². The van der Waals surface area contributed by atoms with Gasteiger partial charge in [0.05, 0.1) is 11.7 Å². The Labute approximate surface area is 94.3 Å². The number of thioether (sulfide) groups is 1. The normalized spacial score (nSPS) is 13.5. The molecule has 0 aliphatic carbocycles. The number of nitrogens with two attached hydrogens (primary N) is 1. The summed E-state index contributed by atoms with van der Waals surface area (Å²) in [7, 11) is 0. The van der Waals surface area contributed by atoms with Crippen molar-refractivity contribution in [3.05, 3.63) is 16.1 Å². The summed E-state index contributed by atoms with van der Waals surface area (Å²) >= 11 is 3.63. The second kappa shape index (κ2) is 5.73. The van der Waals surface area contributed by atoms with Crippen molar-refractivity contribution in [2.75, 3.05) is 5.75 Å². The zero-order chi connectivity index (χ0) is 10.6. The van der Waals surface area contributed by atoms with E-state index in [-0.39, 0.29) is 6.04 Å². The summed E-state index contributed by atoms with van der Waals surface area (Å²) in [5, 5.41) is 3.29. The lowest BCUT2D eigenvalue weighted by atomic mass is 10.0. The molecule has 1 heterocycles. The minimum absolute atomic E-state index is 0.0895. The van der Waals surface area contributed by atoms with Crippen LogP contribution in [0.3, 0.4) is 0 Å². The second-order valence-electron chi connectivity index (χ2n) is 3.57. The summed E-state index contributed by atoms with van der Waals surface area (Å²) < 4.78 is 0. The van der Waals surface area contributed by atoms with Crippen molar-refractivity contribution >= 4 is 23.1 Å². The predicted octanol–water partition coefficient (Wildman–Crippen LogP) is 3.05. The molecule has 1 atom stereocenters. The van der Waals surface area contributed by atoms with Crippen molar-refractivity contribution < 1.29 is 0 Å². The van der Waals surface area contributed by atoms with E-state index in [0.29, 0.717) is 5.92 Å². The monoisotopic (exact) mass is 230 g/mol. The Balaban J connectivity index is 2.58. The molecule has 0 spiro atoms. The highest BCUT2D eigenvalue weighted by Gasteiger charge is 2.13. The van der Waals surface area contributed by atoms with Crippen LogP contribution in [-0.4, -0.2) is 10.7 Å². The first kappa shape index (κ1) is 12.0. The average molecular weight is 230 g/mol. The molecule has 0 saturated carbocycles. The molecule has 4 heteroatoms. The van der Waals surface area contributed by atoms with Gasteiger partial charge in [0.1, 0.15) is 5.01 Å². The third-order valence-corrected chi connectivity index (χ3v) is 3.99. The number of nitrogens with zero attached hydrogens (tertiary/aromatic N) is 1. The highest BCUT2D eigenvalue weighted by Crippen LogP contribution is 2.23. The molecule has 0 saturated heterocycles. The van der Waals surface area contributed by atoms with Gasteiger partial charge in [0, 0.05) is 11.1 Å². The molecule has 2 N–H and O–H groups in total. The Morgan fingerprint density at radius 1 is 1.57 bits per heavy atom. The third kappa shape index (κ3) is 3.26. The van der Waals surface area contributed by atoms with Crippen molar-refractivity contribution in [3.63, 3.8) is 0 Å². The Hall–Kier alpha value is -0.0600. The van der Waals surface area contributed by atoms with Crippen LogP contribution in [-0.2, 0) is 5.75 Å². The van der Waals surface area contributed by atoms with E-state index in [1.54, 1.807) is 11.3 Å². The van der Waals surface area contributed by atoms with E-state index in [2.05, 4.69) is 31.1 Å². The SMILES string of the molecule is CCSCc1nc(C(N)C(C)C)cs1. The molecule has 0 radical (unpaired) electrons. The summed E-state index contributed by atoms with van der Waals surface area (Å²) in [6.07, 6.45) is 0. The van der Waals surface area contributed by atoms with Crippen LogP contribution in [0.15, 0.2) is 5.38 Å². The molecule has 2 nitrogen and oxygen atoms in total. The number of aromatic nitrogens is 1. The van der Waals surface area contributed by atoms with Gasteiger partial charge in [-0.05, 0) is 11.7 Å². The lowest BCUT2D eigenvalue weighted by Gasteiger charge is -2.11. The van der Waals surface area contributed by atoms with Crippen LogP contribution in [0.2, 0.25) is 0 Å². The summed E-state index contributed by atoms with van der Waals surface area (Å²) in [5.41, 5.74) is 7.07. The zero-order valence-corrected chi connectivity index (χ0v) is 10.6. The van der Waals surface area contributed by atoms with Crippen LogP contribution in [0.1, 0.15) is 37.5 Å². The molecule has 1 aromatic heterocycles. The fourth-order valence-electron chi connectivity index (χ4n) is 1.08. The van der Waals surface area contributed by atoms with E-state index in [0.717, 1.165) is 17.2 Å². The molecule has 0 aliphatic heterocycles. The summed E-state index contributed by atoms with van der Waals surface area (Å²) in [6, 6.07) is 0.0895. The predicted molar refractivity (Wildman–Crippen MR) is 65.7 cm³/mol. The molecule has 1 unspecified atom stereocenters. The van der Waals surface area contributed by atoms with E-state index >= 15 is 0 Å². The van der Waals surface area contributed by atoms with E-state index in [1.165, 1.54) is 5.01 Å². The highest BCUT2D eigenvalue weighted by molar-refractivity contribution is 7.98. The molecule has 14 heavy (non-hydrogen) atoms. The first-order valence-electron chi connectivity index (χ1n) is 4.92. The van der Waals surface area contributed by atoms with Crippen molar-refractivity contribution in [1.29, 1.82) is 0 Å².